The quantitative estimate of drug-likeness (QED) is 0.513. The van der Waals surface area contributed by atoms with Gasteiger partial charge in [0.1, 0.15) is 0 Å². The maximum Gasteiger partial charge on any atom is 0.309 e. The van der Waals surface area contributed by atoms with Gasteiger partial charge in [-0.2, -0.15) is 0 Å². The molecular weight excluding hydrogens is 204 g/mol. The van der Waals surface area contributed by atoms with Crippen LogP contribution >= 0.6 is 0 Å². The molecule has 2 amide bonds. The van der Waals surface area contributed by atoms with E-state index in [1.54, 1.807) is 0 Å². The van der Waals surface area contributed by atoms with Gasteiger partial charge >= 0.3 is 11.8 Å². The monoisotopic (exact) mass is 228 g/mol. The van der Waals surface area contributed by atoms with E-state index in [1.807, 2.05) is 13.8 Å². The Morgan fingerprint density at radius 3 is 2.19 bits per heavy atom. The Bertz CT molecular complexity index is 215. The Labute approximate surface area is 98.2 Å². The van der Waals surface area contributed by atoms with Gasteiger partial charge in [0.25, 0.3) is 0 Å². The molecule has 16 heavy (non-hydrogen) atoms. The number of amides is 2. The number of nitrogens with one attached hydrogen (secondary N) is 2. The van der Waals surface area contributed by atoms with Crippen LogP contribution in [0.15, 0.2) is 0 Å². The number of carbonyl (C=O) groups is 2. The number of hydrogen-bond acceptors (Lipinski definition) is 2. The minimum absolute atomic E-state index is 0.00260. The topological polar surface area (TPSA) is 58.2 Å². The van der Waals surface area contributed by atoms with Crippen LogP contribution < -0.4 is 10.6 Å². The van der Waals surface area contributed by atoms with Gasteiger partial charge in [0.15, 0.2) is 0 Å². The van der Waals surface area contributed by atoms with Crippen LogP contribution in [0.1, 0.15) is 52.9 Å². The fourth-order valence-corrected chi connectivity index (χ4v) is 1.34. The molecule has 4 nitrogen and oxygen atoms in total. The maximum atomic E-state index is 11.2. The lowest BCUT2D eigenvalue weighted by Gasteiger charge is -2.08. The molecule has 4 heteroatoms. The zero-order valence-electron chi connectivity index (χ0n) is 10.6. The fraction of sp³-hybridized carbons (Fsp3) is 0.833. The zero-order valence-corrected chi connectivity index (χ0v) is 10.6. The van der Waals surface area contributed by atoms with Gasteiger partial charge in [0, 0.05) is 12.6 Å². The standard InChI is InChI=1S/C12H24N2O2/c1-4-5-6-7-8-9-13-11(15)12(16)14-10(2)3/h10H,4-9H2,1-3H3,(H,13,15)(H,14,16). The van der Waals surface area contributed by atoms with Crippen LogP contribution in [0, 0.1) is 0 Å². The summed E-state index contributed by atoms with van der Waals surface area (Å²) in [5.41, 5.74) is 0. The molecule has 0 aromatic heterocycles. The summed E-state index contributed by atoms with van der Waals surface area (Å²) in [6.07, 6.45) is 5.70. The second-order valence-electron chi connectivity index (χ2n) is 4.30. The highest BCUT2D eigenvalue weighted by Crippen LogP contribution is 2.00. The van der Waals surface area contributed by atoms with Crippen LogP contribution in [0.25, 0.3) is 0 Å². The first-order valence-electron chi connectivity index (χ1n) is 6.16. The summed E-state index contributed by atoms with van der Waals surface area (Å²) in [5.74, 6) is -1.06. The summed E-state index contributed by atoms with van der Waals surface area (Å²) in [5, 5.41) is 5.17. The Hall–Kier alpha value is -1.06. The summed E-state index contributed by atoms with van der Waals surface area (Å²) in [6, 6.07) is 0.00260. The van der Waals surface area contributed by atoms with E-state index in [1.165, 1.54) is 19.3 Å². The van der Waals surface area contributed by atoms with Gasteiger partial charge in [-0.25, -0.2) is 0 Å². The molecule has 94 valence electrons. The smallest absolute Gasteiger partial charge is 0.309 e. The predicted octanol–water partition coefficient (Wildman–Crippen LogP) is 1.60. The van der Waals surface area contributed by atoms with E-state index in [2.05, 4.69) is 17.6 Å². The normalized spacial score (nSPS) is 10.2. The zero-order chi connectivity index (χ0) is 12.4. The Morgan fingerprint density at radius 2 is 1.62 bits per heavy atom. The van der Waals surface area contributed by atoms with Crippen molar-refractivity contribution in [3.63, 3.8) is 0 Å². The molecule has 0 aromatic carbocycles. The van der Waals surface area contributed by atoms with Crippen molar-refractivity contribution in [1.82, 2.24) is 10.6 Å². The summed E-state index contributed by atoms with van der Waals surface area (Å²) in [6.45, 7) is 6.41. The molecule has 0 rings (SSSR count). The van der Waals surface area contributed by atoms with Crippen molar-refractivity contribution in [1.29, 1.82) is 0 Å². The van der Waals surface area contributed by atoms with Gasteiger partial charge in [0.2, 0.25) is 0 Å². The van der Waals surface area contributed by atoms with Gasteiger partial charge in [0.05, 0.1) is 0 Å². The molecule has 0 radical (unpaired) electrons. The first-order valence-corrected chi connectivity index (χ1v) is 6.16. The minimum Gasteiger partial charge on any atom is -0.348 e. The first-order chi connectivity index (χ1) is 7.57. The number of unbranched alkanes of at least 4 members (excludes halogenated alkanes) is 4. The molecule has 0 aliphatic rings. The minimum atomic E-state index is -0.538. The maximum absolute atomic E-state index is 11.2. The van der Waals surface area contributed by atoms with E-state index in [9.17, 15) is 9.59 Å². The Kier molecular flexibility index (Phi) is 8.58. The summed E-state index contributed by atoms with van der Waals surface area (Å²) < 4.78 is 0. The summed E-state index contributed by atoms with van der Waals surface area (Å²) >= 11 is 0. The van der Waals surface area contributed by atoms with Crippen molar-refractivity contribution >= 4 is 11.8 Å². The van der Waals surface area contributed by atoms with E-state index >= 15 is 0 Å². The molecule has 0 atom stereocenters. The van der Waals surface area contributed by atoms with E-state index in [0.29, 0.717) is 6.54 Å². The lowest BCUT2D eigenvalue weighted by atomic mass is 10.1. The van der Waals surface area contributed by atoms with Crippen LogP contribution in [0.2, 0.25) is 0 Å². The number of carbonyl (C=O) groups excluding carboxylic acids is 2. The van der Waals surface area contributed by atoms with E-state index < -0.39 is 11.8 Å². The highest BCUT2D eigenvalue weighted by molar-refractivity contribution is 6.35. The second kappa shape index (κ2) is 9.19. The van der Waals surface area contributed by atoms with Crippen molar-refractivity contribution in [2.24, 2.45) is 0 Å². The largest absolute Gasteiger partial charge is 0.348 e. The van der Waals surface area contributed by atoms with Crippen molar-refractivity contribution in [3.8, 4) is 0 Å². The molecule has 0 fully saturated rings. The second-order valence-corrected chi connectivity index (χ2v) is 4.30. The highest BCUT2D eigenvalue weighted by atomic mass is 16.2. The molecule has 0 aliphatic carbocycles. The van der Waals surface area contributed by atoms with Gasteiger partial charge in [-0.15, -0.1) is 0 Å². The third-order valence-electron chi connectivity index (χ3n) is 2.19. The molecule has 0 saturated carbocycles. The number of rotatable bonds is 7. The van der Waals surface area contributed by atoms with Gasteiger partial charge in [-0.3, -0.25) is 9.59 Å². The van der Waals surface area contributed by atoms with Gasteiger partial charge in [-0.05, 0) is 20.3 Å². The van der Waals surface area contributed by atoms with Gasteiger partial charge < -0.3 is 10.6 Å². The first kappa shape index (κ1) is 14.9. The molecule has 0 bridgehead atoms. The Morgan fingerprint density at radius 1 is 1.00 bits per heavy atom. The summed E-state index contributed by atoms with van der Waals surface area (Å²) in [7, 11) is 0. The van der Waals surface area contributed by atoms with Crippen molar-refractivity contribution in [3.05, 3.63) is 0 Å². The lowest BCUT2D eigenvalue weighted by Crippen LogP contribution is -2.42. The van der Waals surface area contributed by atoms with Crippen molar-refractivity contribution in [2.75, 3.05) is 6.54 Å². The molecule has 0 saturated heterocycles. The fourth-order valence-electron chi connectivity index (χ4n) is 1.34. The lowest BCUT2D eigenvalue weighted by molar-refractivity contribution is -0.139. The predicted molar refractivity (Wildman–Crippen MR) is 65.0 cm³/mol. The molecular formula is C12H24N2O2. The average molecular weight is 228 g/mol. The van der Waals surface area contributed by atoms with Gasteiger partial charge in [-0.1, -0.05) is 32.6 Å². The van der Waals surface area contributed by atoms with E-state index in [-0.39, 0.29) is 6.04 Å². The van der Waals surface area contributed by atoms with Crippen LogP contribution in [-0.2, 0) is 9.59 Å². The third-order valence-corrected chi connectivity index (χ3v) is 2.19. The van der Waals surface area contributed by atoms with E-state index in [4.69, 9.17) is 0 Å². The van der Waals surface area contributed by atoms with Crippen molar-refractivity contribution < 1.29 is 9.59 Å². The molecule has 0 spiro atoms. The Balaban J connectivity index is 3.46. The molecule has 0 heterocycles. The molecule has 0 unspecified atom stereocenters. The average Bonchev–Trinajstić information content (AvgIpc) is 2.21. The van der Waals surface area contributed by atoms with Crippen LogP contribution in [0.3, 0.4) is 0 Å². The van der Waals surface area contributed by atoms with E-state index in [0.717, 1.165) is 12.8 Å². The highest BCUT2D eigenvalue weighted by Gasteiger charge is 2.12. The summed E-state index contributed by atoms with van der Waals surface area (Å²) in [4.78, 5) is 22.4. The van der Waals surface area contributed by atoms with Crippen LogP contribution in [0.5, 0.6) is 0 Å². The van der Waals surface area contributed by atoms with Crippen LogP contribution in [0.4, 0.5) is 0 Å². The molecule has 0 aliphatic heterocycles. The molecule has 2 N–H and O–H groups in total. The SMILES string of the molecule is CCCCCCCNC(=O)C(=O)NC(C)C. The molecule has 0 aromatic rings. The van der Waals surface area contributed by atoms with Crippen molar-refractivity contribution in [2.45, 2.75) is 58.9 Å². The third kappa shape index (κ3) is 8.26. The number of hydrogen-bond donors (Lipinski definition) is 2. The van der Waals surface area contributed by atoms with Crippen LogP contribution in [-0.4, -0.2) is 24.4 Å².